The largest absolute Gasteiger partial charge is 0.493 e. The van der Waals surface area contributed by atoms with E-state index < -0.39 is 0 Å². The van der Waals surface area contributed by atoms with Crippen molar-refractivity contribution in [1.29, 1.82) is 0 Å². The summed E-state index contributed by atoms with van der Waals surface area (Å²) in [5.41, 5.74) is 2.04. The van der Waals surface area contributed by atoms with Crippen LogP contribution in [0.4, 0.5) is 0 Å². The topological polar surface area (TPSA) is 51.7 Å². The molecule has 6 heteroatoms. The SMILES string of the molecule is COc1ccc(C2SCC(=O)N2CCc2ccccn2)cc1OC. The van der Waals surface area contributed by atoms with Crippen molar-refractivity contribution in [3.05, 3.63) is 53.9 Å². The zero-order valence-electron chi connectivity index (χ0n) is 13.8. The fraction of sp³-hybridized carbons (Fsp3) is 0.333. The van der Waals surface area contributed by atoms with Gasteiger partial charge >= 0.3 is 0 Å². The Hall–Kier alpha value is -2.21. The van der Waals surface area contributed by atoms with Gasteiger partial charge in [0.05, 0.1) is 20.0 Å². The fourth-order valence-electron chi connectivity index (χ4n) is 2.76. The zero-order chi connectivity index (χ0) is 16.9. The molecule has 1 aromatic carbocycles. The number of methoxy groups -OCH3 is 2. The van der Waals surface area contributed by atoms with E-state index in [9.17, 15) is 4.79 Å². The molecular formula is C18H20N2O3S. The second kappa shape index (κ2) is 7.57. The van der Waals surface area contributed by atoms with Crippen molar-refractivity contribution >= 4 is 17.7 Å². The Bertz CT molecular complexity index is 709. The van der Waals surface area contributed by atoms with Gasteiger partial charge in [0.15, 0.2) is 11.5 Å². The van der Waals surface area contributed by atoms with E-state index in [1.807, 2.05) is 41.3 Å². The third-order valence-corrected chi connectivity index (χ3v) is 5.25. The maximum absolute atomic E-state index is 12.3. The Balaban J connectivity index is 1.77. The van der Waals surface area contributed by atoms with E-state index >= 15 is 0 Å². The number of carbonyl (C=O) groups excluding carboxylic acids is 1. The minimum absolute atomic E-state index is 0.000943. The van der Waals surface area contributed by atoms with Crippen molar-refractivity contribution in [2.75, 3.05) is 26.5 Å². The second-order valence-corrected chi connectivity index (χ2v) is 6.50. The molecule has 1 fully saturated rings. The summed E-state index contributed by atoms with van der Waals surface area (Å²) in [6, 6.07) is 11.7. The number of rotatable bonds is 6. The molecule has 1 saturated heterocycles. The molecule has 1 aliphatic heterocycles. The van der Waals surface area contributed by atoms with Crippen molar-refractivity contribution in [1.82, 2.24) is 9.88 Å². The van der Waals surface area contributed by atoms with Crippen molar-refractivity contribution < 1.29 is 14.3 Å². The minimum Gasteiger partial charge on any atom is -0.493 e. The van der Waals surface area contributed by atoms with Gasteiger partial charge in [-0.3, -0.25) is 9.78 Å². The van der Waals surface area contributed by atoms with Crippen LogP contribution in [0.2, 0.25) is 0 Å². The molecule has 0 spiro atoms. The first-order valence-electron chi connectivity index (χ1n) is 7.76. The van der Waals surface area contributed by atoms with Crippen LogP contribution in [0.5, 0.6) is 11.5 Å². The fourth-order valence-corrected chi connectivity index (χ4v) is 3.97. The molecule has 1 atom stereocenters. The predicted molar refractivity (Wildman–Crippen MR) is 94.4 cm³/mol. The molecule has 1 unspecified atom stereocenters. The van der Waals surface area contributed by atoms with Gasteiger partial charge in [0.25, 0.3) is 0 Å². The number of pyridine rings is 1. The Morgan fingerprint density at radius 3 is 2.75 bits per heavy atom. The van der Waals surface area contributed by atoms with Crippen molar-refractivity contribution in [3.63, 3.8) is 0 Å². The highest BCUT2D eigenvalue weighted by molar-refractivity contribution is 8.00. The number of aromatic nitrogens is 1. The summed E-state index contributed by atoms with van der Waals surface area (Å²) in [7, 11) is 3.23. The van der Waals surface area contributed by atoms with E-state index in [0.29, 0.717) is 23.8 Å². The van der Waals surface area contributed by atoms with E-state index in [1.54, 1.807) is 32.2 Å². The molecule has 24 heavy (non-hydrogen) atoms. The number of carbonyl (C=O) groups is 1. The van der Waals surface area contributed by atoms with Crippen molar-refractivity contribution in [3.8, 4) is 11.5 Å². The van der Waals surface area contributed by atoms with Gasteiger partial charge < -0.3 is 14.4 Å². The molecule has 1 amide bonds. The molecule has 1 aliphatic rings. The summed E-state index contributed by atoms with van der Waals surface area (Å²) in [6.45, 7) is 0.655. The van der Waals surface area contributed by atoms with E-state index in [4.69, 9.17) is 9.47 Å². The van der Waals surface area contributed by atoms with Gasteiger partial charge in [-0.1, -0.05) is 12.1 Å². The van der Waals surface area contributed by atoms with E-state index in [2.05, 4.69) is 4.98 Å². The molecule has 126 valence electrons. The number of thioether (sulfide) groups is 1. The van der Waals surface area contributed by atoms with Crippen molar-refractivity contribution in [2.24, 2.45) is 0 Å². The van der Waals surface area contributed by atoms with Crippen LogP contribution in [0, 0.1) is 0 Å². The molecule has 0 aliphatic carbocycles. The Morgan fingerprint density at radius 1 is 1.21 bits per heavy atom. The van der Waals surface area contributed by atoms with Gasteiger partial charge in [-0.15, -0.1) is 11.8 Å². The maximum atomic E-state index is 12.3. The molecule has 1 aromatic heterocycles. The molecule has 3 rings (SSSR count). The summed E-state index contributed by atoms with van der Waals surface area (Å²) in [5, 5.41) is 0.000943. The summed E-state index contributed by atoms with van der Waals surface area (Å²) in [4.78, 5) is 18.5. The van der Waals surface area contributed by atoms with Gasteiger partial charge in [0.2, 0.25) is 5.91 Å². The lowest BCUT2D eigenvalue weighted by atomic mass is 10.1. The van der Waals surface area contributed by atoms with Crippen LogP contribution in [-0.4, -0.2) is 42.3 Å². The maximum Gasteiger partial charge on any atom is 0.233 e. The number of amides is 1. The van der Waals surface area contributed by atoms with Gasteiger partial charge in [0.1, 0.15) is 5.37 Å². The van der Waals surface area contributed by atoms with Crippen LogP contribution in [0.3, 0.4) is 0 Å². The summed E-state index contributed by atoms with van der Waals surface area (Å²) in [6.07, 6.45) is 2.53. The van der Waals surface area contributed by atoms with Crippen LogP contribution >= 0.6 is 11.8 Å². The van der Waals surface area contributed by atoms with Gasteiger partial charge in [-0.25, -0.2) is 0 Å². The number of hydrogen-bond acceptors (Lipinski definition) is 5. The third-order valence-electron chi connectivity index (χ3n) is 4.00. The van der Waals surface area contributed by atoms with Crippen LogP contribution in [0.1, 0.15) is 16.6 Å². The highest BCUT2D eigenvalue weighted by atomic mass is 32.2. The molecule has 2 heterocycles. The van der Waals surface area contributed by atoms with E-state index in [0.717, 1.165) is 17.7 Å². The van der Waals surface area contributed by atoms with Crippen LogP contribution in [0.25, 0.3) is 0 Å². The summed E-state index contributed by atoms with van der Waals surface area (Å²) < 4.78 is 10.7. The average Bonchev–Trinajstić information content (AvgIpc) is 3.00. The molecule has 0 radical (unpaired) electrons. The van der Waals surface area contributed by atoms with Crippen LogP contribution in [0.15, 0.2) is 42.6 Å². The molecule has 2 aromatic rings. The molecule has 0 saturated carbocycles. The first kappa shape index (κ1) is 16.6. The Morgan fingerprint density at radius 2 is 2.04 bits per heavy atom. The normalized spacial score (nSPS) is 17.2. The zero-order valence-corrected chi connectivity index (χ0v) is 14.6. The third kappa shape index (κ3) is 3.48. The first-order chi connectivity index (χ1) is 11.7. The second-order valence-electron chi connectivity index (χ2n) is 5.44. The lowest BCUT2D eigenvalue weighted by Crippen LogP contribution is -2.30. The molecule has 0 bridgehead atoms. The number of benzene rings is 1. The Kier molecular flexibility index (Phi) is 5.25. The lowest BCUT2D eigenvalue weighted by molar-refractivity contribution is -0.128. The highest BCUT2D eigenvalue weighted by Crippen LogP contribution is 2.41. The summed E-state index contributed by atoms with van der Waals surface area (Å²) >= 11 is 1.64. The quantitative estimate of drug-likeness (QED) is 0.806. The summed E-state index contributed by atoms with van der Waals surface area (Å²) in [5.74, 6) is 2.03. The van der Waals surface area contributed by atoms with Crippen molar-refractivity contribution in [2.45, 2.75) is 11.8 Å². The predicted octanol–water partition coefficient (Wildman–Crippen LogP) is 2.92. The van der Waals surface area contributed by atoms with E-state index in [1.165, 1.54) is 0 Å². The standard InChI is InChI=1S/C18H20N2O3S/c1-22-15-7-6-13(11-16(15)23-2)18-20(17(21)12-24-18)10-8-14-5-3-4-9-19-14/h3-7,9,11,18H,8,10,12H2,1-2H3. The Labute approximate surface area is 146 Å². The average molecular weight is 344 g/mol. The number of hydrogen-bond donors (Lipinski definition) is 0. The number of ether oxygens (including phenoxy) is 2. The molecular weight excluding hydrogens is 324 g/mol. The number of nitrogens with zero attached hydrogens (tertiary/aromatic N) is 2. The molecule has 5 nitrogen and oxygen atoms in total. The van der Waals surface area contributed by atoms with E-state index in [-0.39, 0.29) is 11.3 Å². The smallest absolute Gasteiger partial charge is 0.233 e. The lowest BCUT2D eigenvalue weighted by Gasteiger charge is -2.24. The highest BCUT2D eigenvalue weighted by Gasteiger charge is 2.33. The van der Waals surface area contributed by atoms with Gasteiger partial charge in [-0.05, 0) is 29.8 Å². The first-order valence-corrected chi connectivity index (χ1v) is 8.80. The minimum atomic E-state index is 0.000943. The molecule has 0 N–H and O–H groups in total. The van der Waals surface area contributed by atoms with Gasteiger partial charge in [-0.2, -0.15) is 0 Å². The van der Waals surface area contributed by atoms with Crippen LogP contribution in [-0.2, 0) is 11.2 Å². The van der Waals surface area contributed by atoms with Gasteiger partial charge in [0, 0.05) is 24.9 Å². The monoisotopic (exact) mass is 344 g/mol. The van der Waals surface area contributed by atoms with Crippen LogP contribution < -0.4 is 9.47 Å².